The number of nitrogens with zero attached hydrogens (tertiary/aromatic N) is 1. The second kappa shape index (κ2) is 5.12. The molecule has 0 aliphatic carbocycles. The van der Waals surface area contributed by atoms with E-state index in [0.717, 1.165) is 12.1 Å². The zero-order chi connectivity index (χ0) is 10.6. The van der Waals surface area contributed by atoms with Crippen molar-refractivity contribution in [3.05, 3.63) is 11.6 Å². The van der Waals surface area contributed by atoms with Crippen molar-refractivity contribution in [3.8, 4) is 0 Å². The number of methoxy groups -OCH3 is 1. The number of β-amino-alcohol motifs (C(OH)–C–C–N with tert-alkyl or cyclic N) is 1. The second-order valence-corrected chi connectivity index (χ2v) is 3.64. The summed E-state index contributed by atoms with van der Waals surface area (Å²) in [5.74, 6) is -0.202. The van der Waals surface area contributed by atoms with Crippen LogP contribution in [-0.4, -0.2) is 48.8 Å². The average molecular weight is 199 g/mol. The van der Waals surface area contributed by atoms with Crippen LogP contribution in [0.25, 0.3) is 0 Å². The second-order valence-electron chi connectivity index (χ2n) is 3.64. The van der Waals surface area contributed by atoms with Gasteiger partial charge in [0.2, 0.25) is 0 Å². The molecule has 1 heterocycles. The summed E-state index contributed by atoms with van der Waals surface area (Å²) in [6.45, 7) is 4.06. The lowest BCUT2D eigenvalue weighted by atomic mass is 10.1. The van der Waals surface area contributed by atoms with Crippen molar-refractivity contribution in [1.29, 1.82) is 0 Å². The van der Waals surface area contributed by atoms with Crippen molar-refractivity contribution in [1.82, 2.24) is 4.90 Å². The molecule has 0 radical (unpaired) electrons. The Bertz CT molecular complexity index is 238. The molecule has 80 valence electrons. The molecular weight excluding hydrogens is 182 g/mol. The summed E-state index contributed by atoms with van der Waals surface area (Å²) in [4.78, 5) is 12.9. The summed E-state index contributed by atoms with van der Waals surface area (Å²) >= 11 is 0. The lowest BCUT2D eigenvalue weighted by molar-refractivity contribution is -0.141. The van der Waals surface area contributed by atoms with Crippen LogP contribution in [0.15, 0.2) is 11.6 Å². The fourth-order valence-corrected chi connectivity index (χ4v) is 1.64. The van der Waals surface area contributed by atoms with Gasteiger partial charge < -0.3 is 9.84 Å². The highest BCUT2D eigenvalue weighted by Crippen LogP contribution is 2.09. The van der Waals surface area contributed by atoms with Crippen molar-refractivity contribution < 1.29 is 14.6 Å². The number of esters is 1. The van der Waals surface area contributed by atoms with E-state index in [-0.39, 0.29) is 5.97 Å². The Morgan fingerprint density at radius 2 is 2.50 bits per heavy atom. The van der Waals surface area contributed by atoms with E-state index in [9.17, 15) is 9.90 Å². The lowest BCUT2D eigenvalue weighted by Crippen LogP contribution is -2.38. The first-order valence-corrected chi connectivity index (χ1v) is 4.76. The van der Waals surface area contributed by atoms with Gasteiger partial charge in [-0.15, -0.1) is 0 Å². The number of carbonyl (C=O) groups is 1. The Hall–Kier alpha value is -0.870. The Balaban J connectivity index is 2.33. The summed E-state index contributed by atoms with van der Waals surface area (Å²) < 4.78 is 4.55. The topological polar surface area (TPSA) is 49.8 Å². The maximum atomic E-state index is 10.9. The van der Waals surface area contributed by atoms with Crippen LogP contribution in [0.4, 0.5) is 0 Å². The Morgan fingerprint density at radius 3 is 3.07 bits per heavy atom. The molecule has 4 heteroatoms. The summed E-state index contributed by atoms with van der Waals surface area (Å²) in [5, 5.41) is 9.44. The number of rotatable bonds is 3. The first-order chi connectivity index (χ1) is 6.61. The molecule has 0 spiro atoms. The third-order valence-electron chi connectivity index (χ3n) is 2.25. The van der Waals surface area contributed by atoms with Crippen LogP contribution in [0.1, 0.15) is 13.3 Å². The summed E-state index contributed by atoms with van der Waals surface area (Å²) in [5.41, 5.74) is 1.15. The van der Waals surface area contributed by atoms with Gasteiger partial charge in [0.05, 0.1) is 19.6 Å². The van der Waals surface area contributed by atoms with Gasteiger partial charge in [0.25, 0.3) is 0 Å². The Labute approximate surface area is 84.2 Å². The van der Waals surface area contributed by atoms with Crippen LogP contribution in [0.2, 0.25) is 0 Å². The van der Waals surface area contributed by atoms with Crippen LogP contribution in [0.3, 0.4) is 0 Å². The summed E-state index contributed by atoms with van der Waals surface area (Å²) in [6, 6.07) is 0. The van der Waals surface area contributed by atoms with Crippen molar-refractivity contribution in [3.63, 3.8) is 0 Å². The van der Waals surface area contributed by atoms with Crippen molar-refractivity contribution in [2.24, 2.45) is 0 Å². The number of carbonyl (C=O) groups excluding carboxylic acids is 1. The predicted octanol–water partition coefficient (Wildman–Crippen LogP) is 0.172. The SMILES string of the molecule is COC(=O)CCN1CC(C)=CC(O)C1. The predicted molar refractivity (Wildman–Crippen MR) is 52.8 cm³/mol. The molecule has 1 unspecified atom stereocenters. The van der Waals surface area contributed by atoms with Gasteiger partial charge in [-0.3, -0.25) is 9.69 Å². The molecule has 0 fully saturated rings. The van der Waals surface area contributed by atoms with Crippen LogP contribution in [0.5, 0.6) is 0 Å². The smallest absolute Gasteiger partial charge is 0.306 e. The monoisotopic (exact) mass is 199 g/mol. The molecule has 1 N–H and O–H groups in total. The number of ether oxygens (including phenoxy) is 1. The first kappa shape index (κ1) is 11.2. The largest absolute Gasteiger partial charge is 0.469 e. The normalized spacial score (nSPS) is 23.1. The van der Waals surface area contributed by atoms with Crippen LogP contribution in [0, 0.1) is 0 Å². The molecule has 1 aliphatic rings. The van der Waals surface area contributed by atoms with E-state index in [1.54, 1.807) is 0 Å². The molecule has 0 aromatic rings. The highest BCUT2D eigenvalue weighted by atomic mass is 16.5. The fraction of sp³-hybridized carbons (Fsp3) is 0.700. The van der Waals surface area contributed by atoms with Crippen molar-refractivity contribution >= 4 is 5.97 Å². The van der Waals surface area contributed by atoms with Crippen LogP contribution in [-0.2, 0) is 9.53 Å². The van der Waals surface area contributed by atoms with E-state index in [2.05, 4.69) is 9.64 Å². The molecule has 1 atom stereocenters. The third kappa shape index (κ3) is 3.47. The van der Waals surface area contributed by atoms with Gasteiger partial charge in [0, 0.05) is 19.6 Å². The summed E-state index contributed by atoms with van der Waals surface area (Å²) in [7, 11) is 1.39. The minimum Gasteiger partial charge on any atom is -0.469 e. The highest BCUT2D eigenvalue weighted by molar-refractivity contribution is 5.69. The van der Waals surface area contributed by atoms with E-state index in [0.29, 0.717) is 19.5 Å². The standard InChI is InChI=1S/C10H17NO3/c1-8-5-9(12)7-11(6-8)4-3-10(13)14-2/h5,9,12H,3-4,6-7H2,1-2H3. The number of aliphatic hydroxyl groups is 1. The zero-order valence-corrected chi connectivity index (χ0v) is 8.69. The number of hydrogen-bond donors (Lipinski definition) is 1. The minimum absolute atomic E-state index is 0.202. The minimum atomic E-state index is -0.401. The maximum absolute atomic E-state index is 10.9. The fourth-order valence-electron chi connectivity index (χ4n) is 1.64. The first-order valence-electron chi connectivity index (χ1n) is 4.76. The molecule has 0 aromatic carbocycles. The number of hydrogen-bond acceptors (Lipinski definition) is 4. The van der Waals surface area contributed by atoms with E-state index in [4.69, 9.17) is 0 Å². The summed E-state index contributed by atoms with van der Waals surface area (Å²) in [6.07, 6.45) is 1.84. The molecule has 0 aromatic heterocycles. The van der Waals surface area contributed by atoms with Gasteiger partial charge in [0.1, 0.15) is 0 Å². The Kier molecular flexibility index (Phi) is 4.10. The molecule has 0 bridgehead atoms. The molecule has 0 saturated carbocycles. The van der Waals surface area contributed by atoms with Crippen molar-refractivity contribution in [2.45, 2.75) is 19.4 Å². The average Bonchev–Trinajstić information content (AvgIpc) is 2.12. The lowest BCUT2D eigenvalue weighted by Gasteiger charge is -2.28. The van der Waals surface area contributed by atoms with Gasteiger partial charge in [-0.1, -0.05) is 11.6 Å². The van der Waals surface area contributed by atoms with Crippen LogP contribution >= 0.6 is 0 Å². The molecule has 4 nitrogen and oxygen atoms in total. The van der Waals surface area contributed by atoms with Gasteiger partial charge in [-0.05, 0) is 6.92 Å². The molecule has 0 amide bonds. The molecule has 1 rings (SSSR count). The van der Waals surface area contributed by atoms with E-state index in [1.165, 1.54) is 7.11 Å². The number of aliphatic hydroxyl groups excluding tert-OH is 1. The third-order valence-corrected chi connectivity index (χ3v) is 2.25. The van der Waals surface area contributed by atoms with E-state index in [1.807, 2.05) is 13.0 Å². The van der Waals surface area contributed by atoms with Crippen molar-refractivity contribution in [2.75, 3.05) is 26.7 Å². The van der Waals surface area contributed by atoms with Crippen LogP contribution < -0.4 is 0 Å². The van der Waals surface area contributed by atoms with Gasteiger partial charge >= 0.3 is 5.97 Å². The van der Waals surface area contributed by atoms with E-state index < -0.39 is 6.10 Å². The maximum Gasteiger partial charge on any atom is 0.306 e. The van der Waals surface area contributed by atoms with Gasteiger partial charge in [-0.2, -0.15) is 0 Å². The van der Waals surface area contributed by atoms with Gasteiger partial charge in [-0.25, -0.2) is 0 Å². The Morgan fingerprint density at radius 1 is 1.79 bits per heavy atom. The molecular formula is C10H17NO3. The van der Waals surface area contributed by atoms with Gasteiger partial charge in [0.15, 0.2) is 0 Å². The quantitative estimate of drug-likeness (QED) is 0.520. The zero-order valence-electron chi connectivity index (χ0n) is 8.69. The molecule has 0 saturated heterocycles. The van der Waals surface area contributed by atoms with E-state index >= 15 is 0 Å². The molecule has 1 aliphatic heterocycles. The highest BCUT2D eigenvalue weighted by Gasteiger charge is 2.16. The molecule has 14 heavy (non-hydrogen) atoms.